The molecule has 94 valence electrons. The molecule has 0 spiro atoms. The van der Waals surface area contributed by atoms with Gasteiger partial charge in [-0.25, -0.2) is 0 Å². The predicted molar refractivity (Wildman–Crippen MR) is 65.4 cm³/mol. The Bertz CT molecular complexity index is 188. The molecular weight excluding hydrogens is 204 g/mol. The van der Waals surface area contributed by atoms with Gasteiger partial charge in [0.15, 0.2) is 0 Å². The van der Waals surface area contributed by atoms with Crippen molar-refractivity contribution >= 4 is 5.97 Å². The average Bonchev–Trinajstić information content (AvgIpc) is 2.31. The Morgan fingerprint density at radius 3 is 2.69 bits per heavy atom. The molecule has 3 nitrogen and oxygen atoms in total. The zero-order valence-electron chi connectivity index (χ0n) is 10.5. The van der Waals surface area contributed by atoms with Gasteiger partial charge in [-0.1, -0.05) is 25.5 Å². The van der Waals surface area contributed by atoms with Crippen LogP contribution in [0.4, 0.5) is 0 Å². The molecule has 0 bridgehead atoms. The molecule has 16 heavy (non-hydrogen) atoms. The molecule has 0 unspecified atom stereocenters. The van der Waals surface area contributed by atoms with Gasteiger partial charge in [0, 0.05) is 13.0 Å². The van der Waals surface area contributed by atoms with Crippen molar-refractivity contribution in [3.63, 3.8) is 0 Å². The van der Waals surface area contributed by atoms with Gasteiger partial charge in [-0.2, -0.15) is 0 Å². The second-order valence-electron chi connectivity index (χ2n) is 3.72. The van der Waals surface area contributed by atoms with Crippen LogP contribution in [-0.4, -0.2) is 26.3 Å². The zero-order valence-corrected chi connectivity index (χ0v) is 10.5. The first-order valence-electron chi connectivity index (χ1n) is 6.10. The first-order valence-corrected chi connectivity index (χ1v) is 6.10. The van der Waals surface area contributed by atoms with E-state index in [9.17, 15) is 4.79 Å². The highest BCUT2D eigenvalue weighted by molar-refractivity contribution is 5.68. The molecule has 0 fully saturated rings. The second-order valence-corrected chi connectivity index (χ2v) is 3.72. The molecule has 3 heteroatoms. The topological polar surface area (TPSA) is 35.5 Å². The van der Waals surface area contributed by atoms with Crippen molar-refractivity contribution in [3.8, 4) is 0 Å². The molecular formula is C13H24O3. The lowest BCUT2D eigenvalue weighted by molar-refractivity contribution is -0.140. The molecule has 0 aliphatic carbocycles. The fourth-order valence-corrected chi connectivity index (χ4v) is 1.29. The Morgan fingerprint density at radius 1 is 1.19 bits per heavy atom. The Hall–Kier alpha value is -0.830. The lowest BCUT2D eigenvalue weighted by atomic mass is 10.1. The number of carbonyl (C=O) groups excluding carboxylic acids is 1. The van der Waals surface area contributed by atoms with Crippen molar-refractivity contribution in [2.45, 2.75) is 45.4 Å². The van der Waals surface area contributed by atoms with Crippen LogP contribution in [0.2, 0.25) is 0 Å². The average molecular weight is 228 g/mol. The Labute approximate surface area is 98.8 Å². The summed E-state index contributed by atoms with van der Waals surface area (Å²) in [5.41, 5.74) is 0. The molecule has 0 aliphatic rings. The van der Waals surface area contributed by atoms with Crippen LogP contribution in [0.25, 0.3) is 0 Å². The van der Waals surface area contributed by atoms with Crippen molar-refractivity contribution in [3.05, 3.63) is 12.2 Å². The minimum atomic E-state index is -0.108. The van der Waals surface area contributed by atoms with Gasteiger partial charge in [0.25, 0.3) is 0 Å². The molecule has 0 aliphatic heterocycles. The van der Waals surface area contributed by atoms with Crippen molar-refractivity contribution in [1.29, 1.82) is 0 Å². The van der Waals surface area contributed by atoms with Gasteiger partial charge in [-0.3, -0.25) is 4.79 Å². The molecule has 0 saturated carbocycles. The first kappa shape index (κ1) is 15.2. The highest BCUT2D eigenvalue weighted by Gasteiger charge is 1.97. The van der Waals surface area contributed by atoms with Gasteiger partial charge in [-0.15, -0.1) is 0 Å². The van der Waals surface area contributed by atoms with E-state index in [0.717, 1.165) is 45.3 Å². The molecule has 0 aromatic rings. The summed E-state index contributed by atoms with van der Waals surface area (Å²) < 4.78 is 9.87. The summed E-state index contributed by atoms with van der Waals surface area (Å²) >= 11 is 0. The summed E-state index contributed by atoms with van der Waals surface area (Å²) in [7, 11) is 1.43. The Balaban J connectivity index is 3.11. The van der Waals surface area contributed by atoms with Crippen molar-refractivity contribution in [2.75, 3.05) is 20.3 Å². The number of allylic oxidation sites excluding steroid dienone is 1. The maximum Gasteiger partial charge on any atom is 0.305 e. The van der Waals surface area contributed by atoms with Gasteiger partial charge in [0.05, 0.1) is 13.7 Å². The third kappa shape index (κ3) is 11.2. The smallest absolute Gasteiger partial charge is 0.305 e. The highest BCUT2D eigenvalue weighted by Crippen LogP contribution is 2.04. The second kappa shape index (κ2) is 12.2. The van der Waals surface area contributed by atoms with Gasteiger partial charge < -0.3 is 9.47 Å². The molecule has 0 N–H and O–H groups in total. The van der Waals surface area contributed by atoms with E-state index in [4.69, 9.17) is 4.74 Å². The number of esters is 1. The minimum absolute atomic E-state index is 0.108. The number of hydrogen-bond donors (Lipinski definition) is 0. The molecule has 0 amide bonds. The summed E-state index contributed by atoms with van der Waals surface area (Å²) in [4.78, 5) is 10.8. The molecule has 0 heterocycles. The van der Waals surface area contributed by atoms with Crippen molar-refractivity contribution in [1.82, 2.24) is 0 Å². The lowest BCUT2D eigenvalue weighted by Gasteiger charge is -1.98. The van der Waals surface area contributed by atoms with Crippen LogP contribution in [0.5, 0.6) is 0 Å². The highest BCUT2D eigenvalue weighted by atomic mass is 16.5. The van der Waals surface area contributed by atoms with Crippen LogP contribution in [0, 0.1) is 0 Å². The van der Waals surface area contributed by atoms with E-state index in [1.165, 1.54) is 7.11 Å². The number of methoxy groups -OCH3 is 1. The van der Waals surface area contributed by atoms with Crippen LogP contribution >= 0.6 is 0 Å². The van der Waals surface area contributed by atoms with E-state index in [1.54, 1.807) is 0 Å². The standard InChI is InChI=1S/C13H24O3/c1-3-11-16-12-9-7-5-4-6-8-10-13(14)15-2/h7,9H,3-6,8,10-12H2,1-2H3/b9-7+. The van der Waals surface area contributed by atoms with Gasteiger partial charge >= 0.3 is 5.97 Å². The number of carbonyl (C=O) groups is 1. The zero-order chi connectivity index (χ0) is 12.1. The van der Waals surface area contributed by atoms with Crippen LogP contribution < -0.4 is 0 Å². The van der Waals surface area contributed by atoms with Crippen molar-refractivity contribution < 1.29 is 14.3 Å². The molecule has 0 aromatic heterocycles. The maximum absolute atomic E-state index is 10.8. The van der Waals surface area contributed by atoms with Gasteiger partial charge in [-0.05, 0) is 25.7 Å². The summed E-state index contributed by atoms with van der Waals surface area (Å²) in [6.07, 6.45) is 10.0. The van der Waals surface area contributed by atoms with Crippen LogP contribution in [0.1, 0.15) is 45.4 Å². The van der Waals surface area contributed by atoms with E-state index >= 15 is 0 Å². The summed E-state index contributed by atoms with van der Waals surface area (Å²) in [5, 5.41) is 0. The maximum atomic E-state index is 10.8. The monoisotopic (exact) mass is 228 g/mol. The third-order valence-corrected chi connectivity index (χ3v) is 2.21. The fourth-order valence-electron chi connectivity index (χ4n) is 1.29. The van der Waals surface area contributed by atoms with Crippen molar-refractivity contribution in [2.24, 2.45) is 0 Å². The van der Waals surface area contributed by atoms with Gasteiger partial charge in [0.1, 0.15) is 0 Å². The van der Waals surface area contributed by atoms with E-state index < -0.39 is 0 Å². The third-order valence-electron chi connectivity index (χ3n) is 2.21. The fraction of sp³-hybridized carbons (Fsp3) is 0.769. The van der Waals surface area contributed by atoms with E-state index in [2.05, 4.69) is 23.8 Å². The number of ether oxygens (including phenoxy) is 2. The van der Waals surface area contributed by atoms with Gasteiger partial charge in [0.2, 0.25) is 0 Å². The lowest BCUT2D eigenvalue weighted by Crippen LogP contribution is -1.98. The summed E-state index contributed by atoms with van der Waals surface area (Å²) in [6, 6.07) is 0. The minimum Gasteiger partial charge on any atom is -0.469 e. The van der Waals surface area contributed by atoms with Crippen LogP contribution in [0.3, 0.4) is 0 Å². The molecule has 0 aromatic carbocycles. The normalized spacial score (nSPS) is 10.9. The quantitative estimate of drug-likeness (QED) is 0.327. The van der Waals surface area contributed by atoms with E-state index in [0.29, 0.717) is 6.42 Å². The number of unbranched alkanes of at least 4 members (excludes halogenated alkanes) is 3. The summed E-state index contributed by atoms with van der Waals surface area (Å²) in [5.74, 6) is -0.108. The Morgan fingerprint density at radius 2 is 2.00 bits per heavy atom. The van der Waals surface area contributed by atoms with E-state index in [1.807, 2.05) is 0 Å². The SMILES string of the molecule is CCCOC/C=C/CCCCCC(=O)OC. The van der Waals surface area contributed by atoms with E-state index in [-0.39, 0.29) is 5.97 Å². The molecule has 0 atom stereocenters. The molecule has 0 rings (SSSR count). The first-order chi connectivity index (χ1) is 7.81. The largest absolute Gasteiger partial charge is 0.469 e. The molecule has 0 radical (unpaired) electrons. The predicted octanol–water partition coefficient (Wildman–Crippen LogP) is 3.09. The Kier molecular flexibility index (Phi) is 11.6. The summed E-state index contributed by atoms with van der Waals surface area (Å²) in [6.45, 7) is 3.66. The number of rotatable bonds is 10. The molecule has 0 saturated heterocycles. The number of hydrogen-bond acceptors (Lipinski definition) is 3. The van der Waals surface area contributed by atoms with Crippen LogP contribution in [0.15, 0.2) is 12.2 Å². The van der Waals surface area contributed by atoms with Crippen LogP contribution in [-0.2, 0) is 14.3 Å².